The zero-order valence-electron chi connectivity index (χ0n) is 16.6. The lowest BCUT2D eigenvalue weighted by atomic mass is 10.1. The second-order valence-electron chi connectivity index (χ2n) is 7.22. The Kier molecular flexibility index (Phi) is 4.48. The van der Waals surface area contributed by atoms with Crippen LogP contribution in [0.1, 0.15) is 11.4 Å². The van der Waals surface area contributed by atoms with Gasteiger partial charge in [0.05, 0.1) is 28.8 Å². The van der Waals surface area contributed by atoms with E-state index in [0.29, 0.717) is 17.8 Å². The molecule has 3 aromatic carbocycles. The van der Waals surface area contributed by atoms with Gasteiger partial charge in [-0.05, 0) is 31.2 Å². The van der Waals surface area contributed by atoms with Gasteiger partial charge in [0, 0.05) is 17.3 Å². The number of aromatic nitrogens is 4. The first kappa shape index (κ1) is 18.1. The Bertz CT molecular complexity index is 1390. The van der Waals surface area contributed by atoms with E-state index in [1.54, 1.807) is 4.57 Å². The van der Waals surface area contributed by atoms with Crippen molar-refractivity contribution < 1.29 is 0 Å². The molecule has 0 amide bonds. The minimum atomic E-state index is -0.0374. The lowest BCUT2D eigenvalue weighted by Crippen LogP contribution is -2.24. The van der Waals surface area contributed by atoms with Crippen LogP contribution >= 0.6 is 0 Å². The van der Waals surface area contributed by atoms with Crippen molar-refractivity contribution in [2.24, 2.45) is 0 Å². The summed E-state index contributed by atoms with van der Waals surface area (Å²) < 4.78 is 3.59. The third-order valence-electron chi connectivity index (χ3n) is 5.24. The van der Waals surface area contributed by atoms with Crippen molar-refractivity contribution in [3.05, 3.63) is 113 Å². The number of para-hydroxylation sites is 2. The molecule has 0 saturated heterocycles. The molecule has 0 atom stereocenters. The van der Waals surface area contributed by atoms with Crippen molar-refractivity contribution in [2.45, 2.75) is 13.5 Å². The summed E-state index contributed by atoms with van der Waals surface area (Å²) in [5.74, 6) is 0.685. The fourth-order valence-corrected chi connectivity index (χ4v) is 3.71. The maximum atomic E-state index is 13.2. The molecular formula is C25H20N4O. The van der Waals surface area contributed by atoms with Crippen LogP contribution in [-0.4, -0.2) is 19.3 Å². The molecule has 0 unspecified atom stereocenters. The third-order valence-corrected chi connectivity index (χ3v) is 5.24. The van der Waals surface area contributed by atoms with E-state index < -0.39 is 0 Å². The molecule has 5 heteroatoms. The molecule has 5 nitrogen and oxygen atoms in total. The minimum Gasteiger partial charge on any atom is -0.292 e. The van der Waals surface area contributed by atoms with Gasteiger partial charge in [-0.25, -0.2) is 9.67 Å². The smallest absolute Gasteiger partial charge is 0.261 e. The number of nitrogens with zero attached hydrogens (tertiary/aromatic N) is 4. The van der Waals surface area contributed by atoms with Gasteiger partial charge in [0.1, 0.15) is 5.82 Å². The number of rotatable bonds is 4. The first-order valence-electron chi connectivity index (χ1n) is 9.86. The second-order valence-corrected chi connectivity index (χ2v) is 7.22. The van der Waals surface area contributed by atoms with E-state index in [1.165, 1.54) is 0 Å². The third kappa shape index (κ3) is 3.20. The van der Waals surface area contributed by atoms with E-state index in [-0.39, 0.29) is 5.56 Å². The molecule has 0 fully saturated rings. The molecule has 0 radical (unpaired) electrons. The molecule has 5 aromatic rings. The van der Waals surface area contributed by atoms with Crippen LogP contribution in [0.15, 0.2) is 95.9 Å². The summed E-state index contributed by atoms with van der Waals surface area (Å²) in [6.07, 6.45) is 2.00. The van der Waals surface area contributed by atoms with E-state index in [1.807, 2.05) is 103 Å². The normalized spacial score (nSPS) is 11.1. The largest absolute Gasteiger partial charge is 0.292 e. The van der Waals surface area contributed by atoms with Crippen molar-refractivity contribution in [3.8, 4) is 16.9 Å². The van der Waals surface area contributed by atoms with Crippen molar-refractivity contribution in [1.29, 1.82) is 0 Å². The number of hydrogen-bond acceptors (Lipinski definition) is 3. The summed E-state index contributed by atoms with van der Waals surface area (Å²) in [6.45, 7) is 2.28. The van der Waals surface area contributed by atoms with Crippen molar-refractivity contribution in [3.63, 3.8) is 0 Å². The zero-order chi connectivity index (χ0) is 20.5. The molecule has 30 heavy (non-hydrogen) atoms. The van der Waals surface area contributed by atoms with Crippen LogP contribution in [0.2, 0.25) is 0 Å². The molecule has 0 aliphatic carbocycles. The van der Waals surface area contributed by atoms with Crippen LogP contribution in [-0.2, 0) is 6.54 Å². The topological polar surface area (TPSA) is 52.7 Å². The molecule has 0 aliphatic heterocycles. The van der Waals surface area contributed by atoms with Gasteiger partial charge in [-0.2, -0.15) is 5.10 Å². The summed E-state index contributed by atoms with van der Waals surface area (Å²) >= 11 is 0. The molecule has 0 spiro atoms. The van der Waals surface area contributed by atoms with E-state index >= 15 is 0 Å². The highest BCUT2D eigenvalue weighted by molar-refractivity contribution is 5.77. The van der Waals surface area contributed by atoms with Crippen molar-refractivity contribution >= 4 is 10.9 Å². The van der Waals surface area contributed by atoms with E-state index in [4.69, 9.17) is 5.10 Å². The number of benzene rings is 3. The van der Waals surface area contributed by atoms with Crippen LogP contribution in [0.4, 0.5) is 0 Å². The minimum absolute atomic E-state index is 0.0374. The van der Waals surface area contributed by atoms with Crippen molar-refractivity contribution in [2.75, 3.05) is 0 Å². The summed E-state index contributed by atoms with van der Waals surface area (Å²) in [5.41, 5.74) is 4.50. The fraction of sp³-hybridized carbons (Fsp3) is 0.0800. The molecule has 0 saturated carbocycles. The van der Waals surface area contributed by atoms with Gasteiger partial charge < -0.3 is 0 Å². The van der Waals surface area contributed by atoms with E-state index in [0.717, 1.165) is 28.0 Å². The Morgan fingerprint density at radius 1 is 0.833 bits per heavy atom. The Morgan fingerprint density at radius 3 is 2.27 bits per heavy atom. The van der Waals surface area contributed by atoms with Crippen LogP contribution in [0.5, 0.6) is 0 Å². The Hall–Kier alpha value is -3.99. The average Bonchev–Trinajstić information content (AvgIpc) is 3.22. The van der Waals surface area contributed by atoms with Gasteiger partial charge >= 0.3 is 0 Å². The van der Waals surface area contributed by atoms with Gasteiger partial charge in [0.2, 0.25) is 0 Å². The van der Waals surface area contributed by atoms with Gasteiger partial charge in [-0.3, -0.25) is 9.36 Å². The van der Waals surface area contributed by atoms with Crippen molar-refractivity contribution in [1.82, 2.24) is 19.3 Å². The molecule has 2 aromatic heterocycles. The quantitative estimate of drug-likeness (QED) is 0.449. The monoisotopic (exact) mass is 392 g/mol. The maximum Gasteiger partial charge on any atom is 0.261 e. The standard InChI is InChI=1S/C25H20N4O/c1-18-26-23-15-9-8-14-22(23)25(30)28(18)16-20-17-29(21-12-6-3-7-13-21)27-24(20)19-10-4-2-5-11-19/h2-15,17H,16H2,1H3. The average molecular weight is 392 g/mol. The first-order valence-corrected chi connectivity index (χ1v) is 9.86. The number of hydrogen-bond donors (Lipinski definition) is 0. The Morgan fingerprint density at radius 2 is 1.50 bits per heavy atom. The molecule has 0 aliphatic rings. The first-order chi connectivity index (χ1) is 14.7. The fourth-order valence-electron chi connectivity index (χ4n) is 3.71. The van der Waals surface area contributed by atoms with Gasteiger partial charge in [0.15, 0.2) is 0 Å². The number of fused-ring (bicyclic) bond motifs is 1. The van der Waals surface area contributed by atoms with Gasteiger partial charge in [-0.15, -0.1) is 0 Å². The second kappa shape index (κ2) is 7.44. The summed E-state index contributed by atoms with van der Waals surface area (Å²) in [6, 6.07) is 27.5. The highest BCUT2D eigenvalue weighted by Crippen LogP contribution is 2.24. The lowest BCUT2D eigenvalue weighted by molar-refractivity contribution is 0.713. The molecule has 5 rings (SSSR count). The van der Waals surface area contributed by atoms with Crippen LogP contribution in [0.25, 0.3) is 27.8 Å². The predicted octanol–water partition coefficient (Wildman–Crippen LogP) is 4.61. The van der Waals surface area contributed by atoms with Gasteiger partial charge in [-0.1, -0.05) is 60.7 Å². The predicted molar refractivity (Wildman–Crippen MR) is 119 cm³/mol. The lowest BCUT2D eigenvalue weighted by Gasteiger charge is -2.11. The number of aryl methyl sites for hydroxylation is 1. The highest BCUT2D eigenvalue weighted by Gasteiger charge is 2.15. The summed E-state index contributed by atoms with van der Waals surface area (Å²) in [5, 5.41) is 5.47. The van der Waals surface area contributed by atoms with Crippen LogP contribution in [0, 0.1) is 6.92 Å². The molecule has 2 heterocycles. The molecule has 0 bridgehead atoms. The summed E-state index contributed by atoms with van der Waals surface area (Å²) in [7, 11) is 0. The Labute approximate surface area is 173 Å². The van der Waals surface area contributed by atoms with E-state index in [9.17, 15) is 4.79 Å². The van der Waals surface area contributed by atoms with Crippen LogP contribution < -0.4 is 5.56 Å². The Balaban J connectivity index is 1.67. The molecule has 146 valence electrons. The van der Waals surface area contributed by atoms with E-state index in [2.05, 4.69) is 4.98 Å². The summed E-state index contributed by atoms with van der Waals surface area (Å²) in [4.78, 5) is 17.8. The van der Waals surface area contributed by atoms with Crippen LogP contribution in [0.3, 0.4) is 0 Å². The van der Waals surface area contributed by atoms with Gasteiger partial charge in [0.25, 0.3) is 5.56 Å². The highest BCUT2D eigenvalue weighted by atomic mass is 16.1. The zero-order valence-corrected chi connectivity index (χ0v) is 16.6. The SMILES string of the molecule is Cc1nc2ccccc2c(=O)n1Cc1cn(-c2ccccc2)nc1-c1ccccc1. The molecule has 0 N–H and O–H groups in total. The molecular weight excluding hydrogens is 372 g/mol. The maximum absolute atomic E-state index is 13.2.